The number of carbonyl (C=O) groups is 1. The van der Waals surface area contributed by atoms with Gasteiger partial charge in [-0.15, -0.1) is 0 Å². The zero-order valence-corrected chi connectivity index (χ0v) is 14.2. The molecule has 2 aromatic carbocycles. The van der Waals surface area contributed by atoms with Gasteiger partial charge in [0, 0.05) is 4.47 Å². The van der Waals surface area contributed by atoms with Crippen molar-refractivity contribution >= 4 is 21.9 Å². The number of hydrogen-bond donors (Lipinski definition) is 0. The molecule has 0 atom stereocenters. The number of para-hydroxylation sites is 1. The maximum absolute atomic E-state index is 11.9. The molecule has 0 radical (unpaired) electrons. The minimum absolute atomic E-state index is 0.0990. The highest BCUT2D eigenvalue weighted by atomic mass is 79.9. The first-order valence-electron chi connectivity index (χ1n) is 6.82. The van der Waals surface area contributed by atoms with E-state index in [1.807, 2.05) is 38.1 Å². The summed E-state index contributed by atoms with van der Waals surface area (Å²) in [5, 5.41) is 0. The van der Waals surface area contributed by atoms with E-state index in [1.54, 1.807) is 18.2 Å². The van der Waals surface area contributed by atoms with Gasteiger partial charge in [-0.25, -0.2) is 4.79 Å². The summed E-state index contributed by atoms with van der Waals surface area (Å²) < 4.78 is 17.4. The summed E-state index contributed by atoms with van der Waals surface area (Å²) in [4.78, 5) is 11.9. The van der Waals surface area contributed by atoms with Gasteiger partial charge in [-0.1, -0.05) is 22.0 Å². The molecule has 0 unspecified atom stereocenters. The molecule has 5 heteroatoms. The fraction of sp³-hybridized carbons (Fsp3) is 0.235. The van der Waals surface area contributed by atoms with Gasteiger partial charge in [0.2, 0.25) is 0 Å². The minimum atomic E-state index is -0.461. The van der Waals surface area contributed by atoms with Crippen LogP contribution in [0.2, 0.25) is 0 Å². The number of hydrogen-bond acceptors (Lipinski definition) is 4. The summed E-state index contributed by atoms with van der Waals surface area (Å²) in [6.07, 6.45) is -0.0990. The molecule has 0 N–H and O–H groups in total. The number of methoxy groups -OCH3 is 1. The molecular formula is C17H17BrO4. The third-order valence-electron chi connectivity index (χ3n) is 2.78. The standard InChI is InChI=1S/C17H17BrO4/c1-11(2)21-16-14(17(19)20-3)5-4-6-15(16)22-13-9-7-12(18)8-10-13/h4-11H,1-3H3. The lowest BCUT2D eigenvalue weighted by Gasteiger charge is -2.17. The van der Waals surface area contributed by atoms with Gasteiger partial charge in [0.15, 0.2) is 11.5 Å². The van der Waals surface area contributed by atoms with E-state index in [0.717, 1.165) is 4.47 Å². The molecule has 0 amide bonds. The largest absolute Gasteiger partial charge is 0.486 e. The van der Waals surface area contributed by atoms with Crippen LogP contribution in [0.5, 0.6) is 17.2 Å². The predicted octanol–water partition coefficient (Wildman–Crippen LogP) is 4.82. The topological polar surface area (TPSA) is 44.8 Å². The molecule has 0 aromatic heterocycles. The Morgan fingerprint density at radius 3 is 2.36 bits per heavy atom. The van der Waals surface area contributed by atoms with E-state index in [2.05, 4.69) is 15.9 Å². The highest BCUT2D eigenvalue weighted by molar-refractivity contribution is 9.10. The van der Waals surface area contributed by atoms with E-state index in [1.165, 1.54) is 7.11 Å². The average molecular weight is 365 g/mol. The number of rotatable bonds is 5. The van der Waals surface area contributed by atoms with Crippen LogP contribution in [0.4, 0.5) is 0 Å². The van der Waals surface area contributed by atoms with Crippen molar-refractivity contribution in [3.63, 3.8) is 0 Å². The molecule has 0 fully saturated rings. The summed E-state index contributed by atoms with van der Waals surface area (Å²) in [7, 11) is 1.34. The number of ether oxygens (including phenoxy) is 3. The molecule has 4 nitrogen and oxygen atoms in total. The molecule has 116 valence electrons. The fourth-order valence-electron chi connectivity index (χ4n) is 1.85. The van der Waals surface area contributed by atoms with Gasteiger partial charge >= 0.3 is 5.97 Å². The van der Waals surface area contributed by atoms with Crippen LogP contribution in [0.3, 0.4) is 0 Å². The smallest absolute Gasteiger partial charge is 0.341 e. The van der Waals surface area contributed by atoms with E-state index in [4.69, 9.17) is 14.2 Å². The average Bonchev–Trinajstić information content (AvgIpc) is 2.50. The second-order valence-electron chi connectivity index (χ2n) is 4.85. The van der Waals surface area contributed by atoms with Crippen LogP contribution in [0, 0.1) is 0 Å². The van der Waals surface area contributed by atoms with Gasteiger partial charge in [0.1, 0.15) is 11.3 Å². The van der Waals surface area contributed by atoms with Gasteiger partial charge in [-0.2, -0.15) is 0 Å². The zero-order chi connectivity index (χ0) is 16.1. The second kappa shape index (κ2) is 7.31. The third kappa shape index (κ3) is 4.01. The van der Waals surface area contributed by atoms with Crippen LogP contribution in [-0.2, 0) is 4.74 Å². The summed E-state index contributed by atoms with van der Waals surface area (Å²) in [6.45, 7) is 3.77. The molecule has 0 heterocycles. The van der Waals surface area contributed by atoms with Crippen molar-refractivity contribution < 1.29 is 19.0 Å². The minimum Gasteiger partial charge on any atom is -0.486 e. The lowest BCUT2D eigenvalue weighted by atomic mass is 10.2. The van der Waals surface area contributed by atoms with Gasteiger partial charge in [-0.3, -0.25) is 0 Å². The quantitative estimate of drug-likeness (QED) is 0.713. The second-order valence-corrected chi connectivity index (χ2v) is 5.76. The number of esters is 1. The normalized spacial score (nSPS) is 10.4. The van der Waals surface area contributed by atoms with Gasteiger partial charge in [0.05, 0.1) is 13.2 Å². The van der Waals surface area contributed by atoms with E-state index in [0.29, 0.717) is 22.8 Å². The monoisotopic (exact) mass is 364 g/mol. The van der Waals surface area contributed by atoms with Crippen molar-refractivity contribution in [2.24, 2.45) is 0 Å². The molecule has 0 bridgehead atoms. The van der Waals surface area contributed by atoms with Gasteiger partial charge in [0.25, 0.3) is 0 Å². The van der Waals surface area contributed by atoms with E-state index < -0.39 is 5.97 Å². The number of halogens is 1. The fourth-order valence-corrected chi connectivity index (χ4v) is 2.12. The number of benzene rings is 2. The highest BCUT2D eigenvalue weighted by Crippen LogP contribution is 2.36. The van der Waals surface area contributed by atoms with Gasteiger partial charge < -0.3 is 14.2 Å². The summed E-state index contributed by atoms with van der Waals surface area (Å²) >= 11 is 3.38. The maximum atomic E-state index is 11.9. The van der Waals surface area contributed by atoms with Crippen LogP contribution >= 0.6 is 15.9 Å². The molecule has 0 aliphatic carbocycles. The lowest BCUT2D eigenvalue weighted by Crippen LogP contribution is -2.12. The molecule has 0 aliphatic heterocycles. The van der Waals surface area contributed by atoms with Crippen molar-refractivity contribution in [1.29, 1.82) is 0 Å². The molecule has 2 rings (SSSR count). The van der Waals surface area contributed by atoms with Crippen LogP contribution in [-0.4, -0.2) is 19.2 Å². The van der Waals surface area contributed by atoms with Crippen molar-refractivity contribution in [2.75, 3.05) is 7.11 Å². The molecule has 0 saturated carbocycles. The van der Waals surface area contributed by atoms with Crippen molar-refractivity contribution in [3.05, 3.63) is 52.5 Å². The van der Waals surface area contributed by atoms with Crippen molar-refractivity contribution in [1.82, 2.24) is 0 Å². The Bertz CT molecular complexity index is 650. The Morgan fingerprint density at radius 2 is 1.77 bits per heavy atom. The predicted molar refractivity (Wildman–Crippen MR) is 87.8 cm³/mol. The zero-order valence-electron chi connectivity index (χ0n) is 12.6. The van der Waals surface area contributed by atoms with E-state index in [-0.39, 0.29) is 6.10 Å². The molecule has 22 heavy (non-hydrogen) atoms. The first-order chi connectivity index (χ1) is 10.5. The Kier molecular flexibility index (Phi) is 5.44. The Labute approximate surface area is 138 Å². The van der Waals surface area contributed by atoms with Crippen LogP contribution in [0.1, 0.15) is 24.2 Å². The van der Waals surface area contributed by atoms with Gasteiger partial charge in [-0.05, 0) is 50.2 Å². The van der Waals surface area contributed by atoms with Crippen molar-refractivity contribution in [2.45, 2.75) is 20.0 Å². The van der Waals surface area contributed by atoms with Crippen LogP contribution in [0.15, 0.2) is 46.9 Å². The molecular weight excluding hydrogens is 348 g/mol. The first kappa shape index (κ1) is 16.4. The Morgan fingerprint density at radius 1 is 1.09 bits per heavy atom. The molecule has 0 spiro atoms. The highest BCUT2D eigenvalue weighted by Gasteiger charge is 2.19. The van der Waals surface area contributed by atoms with Crippen LogP contribution in [0.25, 0.3) is 0 Å². The SMILES string of the molecule is COC(=O)c1cccc(Oc2ccc(Br)cc2)c1OC(C)C. The molecule has 0 saturated heterocycles. The van der Waals surface area contributed by atoms with E-state index in [9.17, 15) is 4.79 Å². The lowest BCUT2D eigenvalue weighted by molar-refractivity contribution is 0.0593. The third-order valence-corrected chi connectivity index (χ3v) is 3.31. The summed E-state index contributed by atoms with van der Waals surface area (Å²) in [6, 6.07) is 12.5. The first-order valence-corrected chi connectivity index (χ1v) is 7.62. The number of carbonyl (C=O) groups excluding carboxylic acids is 1. The summed E-state index contributed by atoms with van der Waals surface area (Å²) in [5.41, 5.74) is 0.339. The molecule has 0 aliphatic rings. The Balaban J connectivity index is 2.40. The van der Waals surface area contributed by atoms with Crippen LogP contribution < -0.4 is 9.47 Å². The summed E-state index contributed by atoms with van der Waals surface area (Å²) in [5.74, 6) is 1.04. The van der Waals surface area contributed by atoms with E-state index >= 15 is 0 Å². The molecule has 2 aromatic rings. The Hall–Kier alpha value is -2.01. The van der Waals surface area contributed by atoms with Crippen molar-refractivity contribution in [3.8, 4) is 17.2 Å². The maximum Gasteiger partial charge on any atom is 0.341 e.